The van der Waals surface area contributed by atoms with E-state index in [4.69, 9.17) is 0 Å². The minimum atomic E-state index is 0.0514. The Hall–Kier alpha value is -1.90. The number of imidazole rings is 1. The molecule has 1 heterocycles. The fourth-order valence-electron chi connectivity index (χ4n) is 2.16. The van der Waals surface area contributed by atoms with E-state index in [0.29, 0.717) is 5.82 Å². The average Bonchev–Trinajstić information content (AvgIpc) is 2.67. The molecule has 0 fully saturated rings. The van der Waals surface area contributed by atoms with Gasteiger partial charge in [0.2, 0.25) is 0 Å². The Kier molecular flexibility index (Phi) is 3.31. The third-order valence-corrected chi connectivity index (χ3v) is 3.40. The zero-order valence-corrected chi connectivity index (χ0v) is 12.3. The molecule has 0 bridgehead atoms. The van der Waals surface area contributed by atoms with Gasteiger partial charge in [0.25, 0.3) is 5.78 Å². The average molecular weight is 257 g/mol. The molecule has 1 aromatic carbocycles. The zero-order chi connectivity index (χ0) is 14.2. The molecule has 1 aromatic heterocycles. The van der Waals surface area contributed by atoms with Gasteiger partial charge in [-0.05, 0) is 11.0 Å². The van der Waals surface area contributed by atoms with Gasteiger partial charge in [-0.2, -0.15) is 0 Å². The largest absolute Gasteiger partial charge is 0.330 e. The highest BCUT2D eigenvalue weighted by Crippen LogP contribution is 2.22. The van der Waals surface area contributed by atoms with Crippen molar-refractivity contribution in [3.05, 3.63) is 53.6 Å². The van der Waals surface area contributed by atoms with Crippen LogP contribution in [0.25, 0.3) is 0 Å². The van der Waals surface area contributed by atoms with Gasteiger partial charge in [0.1, 0.15) is 12.4 Å². The number of ketones is 1. The Labute approximate surface area is 114 Å². The van der Waals surface area contributed by atoms with Crippen molar-refractivity contribution in [2.24, 2.45) is 14.1 Å². The van der Waals surface area contributed by atoms with Gasteiger partial charge in [0, 0.05) is 5.56 Å². The molecule has 19 heavy (non-hydrogen) atoms. The highest BCUT2D eigenvalue weighted by atomic mass is 16.1. The Morgan fingerprint density at radius 1 is 1.16 bits per heavy atom. The maximum atomic E-state index is 12.5. The van der Waals surface area contributed by atoms with Crippen LogP contribution in [0.1, 0.15) is 42.5 Å². The summed E-state index contributed by atoms with van der Waals surface area (Å²) in [6.07, 6.45) is 3.77. The van der Waals surface area contributed by atoms with Gasteiger partial charge in [-0.1, -0.05) is 45.0 Å². The molecule has 0 saturated heterocycles. The third kappa shape index (κ3) is 2.60. The number of aryl methyl sites for hydroxylation is 2. The van der Waals surface area contributed by atoms with E-state index in [1.807, 2.05) is 59.9 Å². The summed E-state index contributed by atoms with van der Waals surface area (Å²) in [5, 5.41) is 0. The number of hydrogen-bond acceptors (Lipinski definition) is 1. The predicted molar refractivity (Wildman–Crippen MR) is 75.2 cm³/mol. The Morgan fingerprint density at radius 3 is 2.16 bits per heavy atom. The Bertz CT molecular complexity index is 581. The highest BCUT2D eigenvalue weighted by Gasteiger charge is 2.23. The monoisotopic (exact) mass is 257 g/mol. The number of benzene rings is 1. The van der Waals surface area contributed by atoms with E-state index in [9.17, 15) is 4.79 Å². The third-order valence-electron chi connectivity index (χ3n) is 3.40. The lowest BCUT2D eigenvalue weighted by atomic mass is 9.86. The summed E-state index contributed by atoms with van der Waals surface area (Å²) in [6.45, 7) is 6.50. The molecular formula is C16H21N2O+. The van der Waals surface area contributed by atoms with E-state index in [0.717, 1.165) is 5.56 Å². The van der Waals surface area contributed by atoms with Crippen molar-refractivity contribution in [1.29, 1.82) is 0 Å². The predicted octanol–water partition coefficient (Wildman–Crippen LogP) is 2.38. The molecule has 0 aliphatic heterocycles. The minimum absolute atomic E-state index is 0.0514. The Balaban J connectivity index is 2.36. The molecule has 0 spiro atoms. The van der Waals surface area contributed by atoms with Crippen LogP contribution in [-0.4, -0.2) is 10.4 Å². The van der Waals surface area contributed by atoms with Crippen molar-refractivity contribution < 1.29 is 9.36 Å². The minimum Gasteiger partial charge on any atom is -0.280 e. The van der Waals surface area contributed by atoms with Gasteiger partial charge >= 0.3 is 5.82 Å². The molecule has 3 nitrogen and oxygen atoms in total. The van der Waals surface area contributed by atoms with E-state index >= 15 is 0 Å². The fraction of sp³-hybridized carbons (Fsp3) is 0.375. The van der Waals surface area contributed by atoms with Crippen molar-refractivity contribution in [2.75, 3.05) is 0 Å². The van der Waals surface area contributed by atoms with Crippen LogP contribution < -0.4 is 4.57 Å². The molecule has 0 saturated carbocycles. The fourth-order valence-corrected chi connectivity index (χ4v) is 2.16. The molecule has 0 amide bonds. The number of rotatable bonds is 2. The molecule has 2 rings (SSSR count). The van der Waals surface area contributed by atoms with E-state index < -0.39 is 0 Å². The lowest BCUT2D eigenvalue weighted by Crippen LogP contribution is -2.35. The van der Waals surface area contributed by atoms with Crippen molar-refractivity contribution in [3.8, 4) is 0 Å². The number of carbonyl (C=O) groups excluding carboxylic acids is 1. The van der Waals surface area contributed by atoms with Crippen molar-refractivity contribution >= 4 is 5.78 Å². The Morgan fingerprint density at radius 2 is 1.74 bits per heavy atom. The molecular weight excluding hydrogens is 236 g/mol. The number of carbonyl (C=O) groups is 1. The summed E-state index contributed by atoms with van der Waals surface area (Å²) < 4.78 is 3.69. The summed E-state index contributed by atoms with van der Waals surface area (Å²) in [5.74, 6) is 0.735. The summed E-state index contributed by atoms with van der Waals surface area (Å²) >= 11 is 0. The molecule has 0 aliphatic carbocycles. The first-order valence-electron chi connectivity index (χ1n) is 6.47. The van der Waals surface area contributed by atoms with E-state index in [2.05, 4.69) is 20.8 Å². The number of hydrogen-bond donors (Lipinski definition) is 0. The lowest BCUT2D eigenvalue weighted by molar-refractivity contribution is -0.672. The molecule has 0 radical (unpaired) electrons. The van der Waals surface area contributed by atoms with Gasteiger partial charge < -0.3 is 0 Å². The zero-order valence-electron chi connectivity index (χ0n) is 12.3. The van der Waals surface area contributed by atoms with Gasteiger partial charge in [0.05, 0.1) is 14.1 Å². The summed E-state index contributed by atoms with van der Waals surface area (Å²) in [7, 11) is 3.77. The van der Waals surface area contributed by atoms with Crippen LogP contribution >= 0.6 is 0 Å². The molecule has 2 aromatic rings. The molecule has 0 atom stereocenters. The molecule has 100 valence electrons. The standard InChI is InChI=1S/C16H21N2O/c1-16(2,3)13-8-6-12(7-9-13)14(19)15-17(4)10-11-18(15)5/h6-11H,1-5H3/q+1. The molecule has 0 aliphatic rings. The van der Waals surface area contributed by atoms with Crippen LogP contribution in [0.2, 0.25) is 0 Å². The number of aromatic nitrogens is 2. The van der Waals surface area contributed by atoms with Crippen LogP contribution in [0.3, 0.4) is 0 Å². The maximum Gasteiger partial charge on any atom is 0.330 e. The first-order valence-corrected chi connectivity index (χ1v) is 6.47. The molecule has 0 unspecified atom stereocenters. The summed E-state index contributed by atoms with van der Waals surface area (Å²) in [4.78, 5) is 12.5. The van der Waals surface area contributed by atoms with E-state index in [1.54, 1.807) is 0 Å². The maximum absolute atomic E-state index is 12.5. The van der Waals surface area contributed by atoms with E-state index in [-0.39, 0.29) is 11.2 Å². The van der Waals surface area contributed by atoms with Crippen LogP contribution in [0.15, 0.2) is 36.7 Å². The topological polar surface area (TPSA) is 25.9 Å². The summed E-state index contributed by atoms with van der Waals surface area (Å²) in [5.41, 5.74) is 2.07. The van der Waals surface area contributed by atoms with Crippen LogP contribution in [0.5, 0.6) is 0 Å². The number of nitrogens with zero attached hydrogens (tertiary/aromatic N) is 2. The van der Waals surface area contributed by atoms with Gasteiger partial charge in [-0.3, -0.25) is 4.79 Å². The van der Waals surface area contributed by atoms with Crippen molar-refractivity contribution in [3.63, 3.8) is 0 Å². The summed E-state index contributed by atoms with van der Waals surface area (Å²) in [6, 6.07) is 7.90. The highest BCUT2D eigenvalue weighted by molar-refractivity contribution is 6.05. The van der Waals surface area contributed by atoms with Gasteiger partial charge in [-0.25, -0.2) is 9.13 Å². The SMILES string of the molecule is Cn1cc[n+](C)c1C(=O)c1ccc(C(C)(C)C)cc1. The quantitative estimate of drug-likeness (QED) is 0.599. The second-order valence-corrected chi connectivity index (χ2v) is 6.00. The lowest BCUT2D eigenvalue weighted by Gasteiger charge is -2.18. The van der Waals surface area contributed by atoms with Crippen LogP contribution in [0, 0.1) is 0 Å². The van der Waals surface area contributed by atoms with Gasteiger partial charge in [-0.15, -0.1) is 0 Å². The first-order chi connectivity index (χ1) is 8.80. The van der Waals surface area contributed by atoms with Crippen molar-refractivity contribution in [2.45, 2.75) is 26.2 Å². The van der Waals surface area contributed by atoms with Crippen LogP contribution in [0.4, 0.5) is 0 Å². The normalized spacial score (nSPS) is 11.6. The second-order valence-electron chi connectivity index (χ2n) is 6.00. The van der Waals surface area contributed by atoms with Crippen LogP contribution in [-0.2, 0) is 19.5 Å². The van der Waals surface area contributed by atoms with E-state index in [1.165, 1.54) is 5.56 Å². The molecule has 3 heteroatoms. The molecule has 0 N–H and O–H groups in total. The second kappa shape index (κ2) is 4.65. The first kappa shape index (κ1) is 13.5. The smallest absolute Gasteiger partial charge is 0.280 e. The van der Waals surface area contributed by atoms with Crippen molar-refractivity contribution in [1.82, 2.24) is 4.57 Å². The van der Waals surface area contributed by atoms with Gasteiger partial charge in [0.15, 0.2) is 0 Å².